The number of sulfonamides is 1. The van der Waals surface area contributed by atoms with E-state index in [0.29, 0.717) is 5.69 Å². The molecule has 16 heavy (non-hydrogen) atoms. The monoisotopic (exact) mass is 246 g/mol. The minimum atomic E-state index is -3.58. The van der Waals surface area contributed by atoms with Crippen molar-refractivity contribution in [2.24, 2.45) is 0 Å². The molecule has 0 bridgehead atoms. The summed E-state index contributed by atoms with van der Waals surface area (Å²) in [4.78, 5) is 11.0. The van der Waals surface area contributed by atoms with E-state index in [9.17, 15) is 13.2 Å². The van der Waals surface area contributed by atoms with Gasteiger partial charge in [0.2, 0.25) is 15.9 Å². The van der Waals surface area contributed by atoms with Crippen molar-refractivity contribution in [3.8, 4) is 0 Å². The van der Waals surface area contributed by atoms with Gasteiger partial charge in [0, 0.05) is 20.0 Å². The van der Waals surface area contributed by atoms with Gasteiger partial charge in [-0.15, -0.1) is 0 Å². The molecule has 1 heterocycles. The molecule has 3 N–H and O–H groups in total. The van der Waals surface area contributed by atoms with Gasteiger partial charge in [-0.25, -0.2) is 13.1 Å². The second-order valence-corrected chi connectivity index (χ2v) is 4.92. The van der Waals surface area contributed by atoms with Crippen LogP contribution in [0.3, 0.4) is 0 Å². The van der Waals surface area contributed by atoms with Crippen molar-refractivity contribution in [1.82, 2.24) is 20.2 Å². The fourth-order valence-corrected chi connectivity index (χ4v) is 2.28. The van der Waals surface area contributed by atoms with Crippen molar-refractivity contribution in [3.63, 3.8) is 0 Å². The standard InChI is InChI=1S/C8H14N4O3S/c1-6-7(5-10-12-6)16(14,15)11-4-3-8(13)9-2/h5,11H,3-4H2,1-2H3,(H,9,13)(H,10,12). The van der Waals surface area contributed by atoms with Crippen LogP contribution < -0.4 is 10.0 Å². The van der Waals surface area contributed by atoms with Gasteiger partial charge < -0.3 is 5.32 Å². The van der Waals surface area contributed by atoms with Crippen molar-refractivity contribution in [2.75, 3.05) is 13.6 Å². The minimum absolute atomic E-state index is 0.0621. The molecule has 8 heteroatoms. The summed E-state index contributed by atoms with van der Waals surface area (Å²) in [6, 6.07) is 0. The summed E-state index contributed by atoms with van der Waals surface area (Å²) in [6.07, 6.45) is 1.34. The molecule has 1 aromatic heterocycles. The van der Waals surface area contributed by atoms with E-state index < -0.39 is 10.0 Å². The molecule has 0 radical (unpaired) electrons. The van der Waals surface area contributed by atoms with Crippen molar-refractivity contribution in [3.05, 3.63) is 11.9 Å². The summed E-state index contributed by atoms with van der Waals surface area (Å²) in [6.45, 7) is 1.67. The Balaban J connectivity index is 2.60. The predicted octanol–water partition coefficient (Wildman–Crippen LogP) is -0.867. The molecule has 0 atom stereocenters. The molecule has 0 spiro atoms. The van der Waals surface area contributed by atoms with Gasteiger partial charge in [0.1, 0.15) is 4.90 Å². The van der Waals surface area contributed by atoms with Gasteiger partial charge in [0.15, 0.2) is 0 Å². The van der Waals surface area contributed by atoms with E-state index >= 15 is 0 Å². The SMILES string of the molecule is CNC(=O)CCNS(=O)(=O)c1cn[nH]c1C. The molecule has 1 aromatic rings. The number of nitrogens with zero attached hydrogens (tertiary/aromatic N) is 1. The third kappa shape index (κ3) is 3.04. The highest BCUT2D eigenvalue weighted by atomic mass is 32.2. The number of hydrogen-bond donors (Lipinski definition) is 3. The maximum Gasteiger partial charge on any atom is 0.243 e. The first-order valence-corrected chi connectivity index (χ1v) is 6.16. The summed E-state index contributed by atoms with van der Waals surface area (Å²) < 4.78 is 25.7. The molecule has 0 aliphatic rings. The van der Waals surface area contributed by atoms with Gasteiger partial charge in [0.05, 0.1) is 11.9 Å². The van der Waals surface area contributed by atoms with Crippen LogP contribution in [0.25, 0.3) is 0 Å². The number of nitrogens with one attached hydrogen (secondary N) is 3. The van der Waals surface area contributed by atoms with Gasteiger partial charge in [-0.3, -0.25) is 9.89 Å². The second-order valence-electron chi connectivity index (χ2n) is 3.18. The molecule has 0 unspecified atom stereocenters. The highest BCUT2D eigenvalue weighted by Gasteiger charge is 2.17. The number of hydrogen-bond acceptors (Lipinski definition) is 4. The fourth-order valence-electron chi connectivity index (χ4n) is 1.11. The zero-order valence-electron chi connectivity index (χ0n) is 9.07. The second kappa shape index (κ2) is 5.08. The molecule has 0 saturated heterocycles. The van der Waals surface area contributed by atoms with Crippen LogP contribution in [0.15, 0.2) is 11.1 Å². The van der Waals surface area contributed by atoms with Crippen LogP contribution in [-0.2, 0) is 14.8 Å². The predicted molar refractivity (Wildman–Crippen MR) is 57.2 cm³/mol. The lowest BCUT2D eigenvalue weighted by atomic mass is 10.4. The molecule has 0 aliphatic heterocycles. The van der Waals surface area contributed by atoms with Crippen molar-refractivity contribution < 1.29 is 13.2 Å². The Morgan fingerprint density at radius 3 is 2.75 bits per heavy atom. The van der Waals surface area contributed by atoms with E-state index in [1.54, 1.807) is 6.92 Å². The first-order chi connectivity index (χ1) is 7.47. The Morgan fingerprint density at radius 2 is 2.25 bits per heavy atom. The van der Waals surface area contributed by atoms with Gasteiger partial charge in [-0.05, 0) is 6.92 Å². The number of aryl methyl sites for hydroxylation is 1. The first kappa shape index (κ1) is 12.7. The minimum Gasteiger partial charge on any atom is -0.359 e. The lowest BCUT2D eigenvalue weighted by Crippen LogP contribution is -2.29. The van der Waals surface area contributed by atoms with Crippen LogP contribution in [0.2, 0.25) is 0 Å². The highest BCUT2D eigenvalue weighted by Crippen LogP contribution is 2.10. The van der Waals surface area contributed by atoms with Gasteiger partial charge in [-0.1, -0.05) is 0 Å². The third-order valence-electron chi connectivity index (χ3n) is 2.00. The summed E-state index contributed by atoms with van der Waals surface area (Å²) in [5, 5.41) is 8.57. The van der Waals surface area contributed by atoms with Gasteiger partial charge in [0.25, 0.3) is 0 Å². The fraction of sp³-hybridized carbons (Fsp3) is 0.500. The topological polar surface area (TPSA) is 104 Å². The summed E-state index contributed by atoms with van der Waals surface area (Å²) >= 11 is 0. The van der Waals surface area contributed by atoms with Crippen LogP contribution >= 0.6 is 0 Å². The molecule has 1 amide bonds. The Labute approximate surface area is 93.7 Å². The number of amides is 1. The molecular weight excluding hydrogens is 232 g/mol. The van der Waals surface area contributed by atoms with Crippen molar-refractivity contribution in [2.45, 2.75) is 18.2 Å². The third-order valence-corrected chi connectivity index (χ3v) is 3.57. The molecule has 1 rings (SSSR count). The Morgan fingerprint density at radius 1 is 1.56 bits per heavy atom. The lowest BCUT2D eigenvalue weighted by molar-refractivity contribution is -0.120. The lowest BCUT2D eigenvalue weighted by Gasteiger charge is -2.04. The Bertz CT molecular complexity index is 465. The first-order valence-electron chi connectivity index (χ1n) is 4.67. The van der Waals surface area contributed by atoms with Crippen LogP contribution in [0.1, 0.15) is 12.1 Å². The van der Waals surface area contributed by atoms with Crippen LogP contribution in [0.5, 0.6) is 0 Å². The zero-order valence-corrected chi connectivity index (χ0v) is 9.89. The number of carbonyl (C=O) groups is 1. The molecule has 0 aliphatic carbocycles. The highest BCUT2D eigenvalue weighted by molar-refractivity contribution is 7.89. The summed E-state index contributed by atoms with van der Waals surface area (Å²) in [5.74, 6) is -0.216. The van der Waals surface area contributed by atoms with E-state index in [0.717, 1.165) is 0 Å². The van der Waals surface area contributed by atoms with Crippen LogP contribution in [-0.4, -0.2) is 38.1 Å². The normalized spacial score (nSPS) is 11.4. The number of H-pyrrole nitrogens is 1. The molecule has 90 valence electrons. The van der Waals surface area contributed by atoms with Gasteiger partial charge in [-0.2, -0.15) is 5.10 Å². The Kier molecular flexibility index (Phi) is 4.02. The number of aromatic amines is 1. The van der Waals surface area contributed by atoms with E-state index in [2.05, 4.69) is 20.2 Å². The van der Waals surface area contributed by atoms with E-state index in [1.807, 2.05) is 0 Å². The maximum atomic E-state index is 11.7. The number of rotatable bonds is 5. The van der Waals surface area contributed by atoms with Crippen molar-refractivity contribution in [1.29, 1.82) is 0 Å². The van der Waals surface area contributed by atoms with Crippen LogP contribution in [0.4, 0.5) is 0 Å². The van der Waals surface area contributed by atoms with Crippen molar-refractivity contribution >= 4 is 15.9 Å². The molecule has 0 saturated carbocycles. The molecule has 7 nitrogen and oxygen atoms in total. The van der Waals surface area contributed by atoms with Crippen LogP contribution in [0, 0.1) is 6.92 Å². The van der Waals surface area contributed by atoms with Gasteiger partial charge >= 0.3 is 0 Å². The molecular formula is C8H14N4O3S. The summed E-state index contributed by atoms with van der Waals surface area (Å²) in [7, 11) is -2.08. The van der Waals surface area contributed by atoms with E-state index in [-0.39, 0.29) is 23.8 Å². The number of carbonyl (C=O) groups excluding carboxylic acids is 1. The Hall–Kier alpha value is -1.41. The van der Waals surface area contributed by atoms with E-state index in [1.165, 1.54) is 13.2 Å². The molecule has 0 aromatic carbocycles. The maximum absolute atomic E-state index is 11.7. The summed E-state index contributed by atoms with van der Waals surface area (Å²) in [5.41, 5.74) is 0.465. The average molecular weight is 246 g/mol. The zero-order chi connectivity index (χ0) is 12.2. The average Bonchev–Trinajstić information content (AvgIpc) is 2.64. The molecule has 0 fully saturated rings. The largest absolute Gasteiger partial charge is 0.359 e. The van der Waals surface area contributed by atoms with E-state index in [4.69, 9.17) is 0 Å². The quantitative estimate of drug-likeness (QED) is 0.628. The smallest absolute Gasteiger partial charge is 0.243 e. The number of aromatic nitrogens is 2.